The summed E-state index contributed by atoms with van der Waals surface area (Å²) < 4.78 is 0. The van der Waals surface area contributed by atoms with Crippen LogP contribution >= 0.6 is 0 Å². The number of nitrogens with two attached hydrogens (primary N) is 1. The first-order chi connectivity index (χ1) is 9.22. The summed E-state index contributed by atoms with van der Waals surface area (Å²) in [7, 11) is 0. The van der Waals surface area contributed by atoms with Crippen LogP contribution in [-0.4, -0.2) is 30.1 Å². The Morgan fingerprint density at radius 1 is 1.00 bits per heavy atom. The zero-order valence-corrected chi connectivity index (χ0v) is 13.6. The summed E-state index contributed by atoms with van der Waals surface area (Å²) in [6, 6.07) is 0. The van der Waals surface area contributed by atoms with Gasteiger partial charge in [-0.1, -0.05) is 46.5 Å². The highest BCUT2D eigenvalue weighted by Crippen LogP contribution is 2.31. The van der Waals surface area contributed by atoms with Gasteiger partial charge < -0.3 is 5.73 Å². The third-order valence-electron chi connectivity index (χ3n) is 5.03. The van der Waals surface area contributed by atoms with Gasteiger partial charge in [-0.25, -0.2) is 0 Å². The first-order valence-electron chi connectivity index (χ1n) is 8.67. The summed E-state index contributed by atoms with van der Waals surface area (Å²) in [5, 5.41) is 0. The average Bonchev–Trinajstić information content (AvgIpc) is 2.65. The molecule has 0 amide bonds. The van der Waals surface area contributed by atoms with Gasteiger partial charge in [0.2, 0.25) is 0 Å². The molecule has 1 unspecified atom stereocenters. The van der Waals surface area contributed by atoms with Crippen molar-refractivity contribution >= 4 is 0 Å². The van der Waals surface area contributed by atoms with E-state index in [-0.39, 0.29) is 0 Å². The molecule has 0 aliphatic carbocycles. The average molecular weight is 268 g/mol. The topological polar surface area (TPSA) is 29.3 Å². The summed E-state index contributed by atoms with van der Waals surface area (Å²) in [6.07, 6.45) is 12.0. The fourth-order valence-electron chi connectivity index (χ4n) is 4.04. The lowest BCUT2D eigenvalue weighted by Crippen LogP contribution is -2.54. The maximum Gasteiger partial charge on any atom is 0.0331 e. The fraction of sp³-hybridized carbons (Fsp3) is 1.00. The SMILES string of the molecule is CCCC1CCCN(C(CN)(CCC)CCC)CC1. The standard InChI is InChI=1S/C17H36N2/c1-4-8-16-9-7-13-19(14-10-16)17(15-18,11-5-2)12-6-3/h16H,4-15,18H2,1-3H3. The number of rotatable bonds is 8. The van der Waals surface area contributed by atoms with Crippen LogP contribution in [0.15, 0.2) is 0 Å². The molecule has 0 aromatic rings. The molecule has 0 aromatic carbocycles. The highest BCUT2D eigenvalue weighted by atomic mass is 15.2. The van der Waals surface area contributed by atoms with Crippen LogP contribution in [0.25, 0.3) is 0 Å². The van der Waals surface area contributed by atoms with Gasteiger partial charge in [-0.05, 0) is 51.1 Å². The molecule has 1 aliphatic heterocycles. The second kappa shape index (κ2) is 8.97. The Morgan fingerprint density at radius 3 is 2.21 bits per heavy atom. The summed E-state index contributed by atoms with van der Waals surface area (Å²) in [6.45, 7) is 10.3. The van der Waals surface area contributed by atoms with E-state index in [2.05, 4.69) is 25.7 Å². The van der Waals surface area contributed by atoms with Crippen LogP contribution in [-0.2, 0) is 0 Å². The molecule has 1 atom stereocenters. The quantitative estimate of drug-likeness (QED) is 0.715. The Bertz CT molecular complexity index is 221. The molecule has 0 saturated carbocycles. The molecule has 1 heterocycles. The molecule has 1 aliphatic rings. The summed E-state index contributed by atoms with van der Waals surface area (Å²) in [5.74, 6) is 0.966. The second-order valence-corrected chi connectivity index (χ2v) is 6.50. The first-order valence-corrected chi connectivity index (χ1v) is 8.67. The monoisotopic (exact) mass is 268 g/mol. The first kappa shape index (κ1) is 17.0. The predicted octanol–water partition coefficient (Wildman–Crippen LogP) is 4.19. The van der Waals surface area contributed by atoms with Gasteiger partial charge in [0.15, 0.2) is 0 Å². The van der Waals surface area contributed by atoms with Crippen molar-refractivity contribution in [3.8, 4) is 0 Å². The van der Waals surface area contributed by atoms with Gasteiger partial charge in [0.25, 0.3) is 0 Å². The number of hydrogen-bond acceptors (Lipinski definition) is 2. The van der Waals surface area contributed by atoms with Gasteiger partial charge in [-0.3, -0.25) is 4.90 Å². The van der Waals surface area contributed by atoms with E-state index in [1.54, 1.807) is 0 Å². The highest BCUT2D eigenvalue weighted by molar-refractivity contribution is 4.92. The van der Waals surface area contributed by atoms with Crippen LogP contribution in [0, 0.1) is 5.92 Å². The van der Waals surface area contributed by atoms with Gasteiger partial charge in [0.1, 0.15) is 0 Å². The number of nitrogens with zero attached hydrogens (tertiary/aromatic N) is 1. The zero-order chi connectivity index (χ0) is 14.1. The lowest BCUT2D eigenvalue weighted by Gasteiger charge is -2.43. The van der Waals surface area contributed by atoms with Gasteiger partial charge in [-0.15, -0.1) is 0 Å². The van der Waals surface area contributed by atoms with Crippen LogP contribution in [0.1, 0.15) is 78.6 Å². The molecular weight excluding hydrogens is 232 g/mol. The molecular formula is C17H36N2. The maximum absolute atomic E-state index is 6.21. The Balaban J connectivity index is 2.68. The molecule has 1 rings (SSSR count). The summed E-state index contributed by atoms with van der Waals surface area (Å²) in [5.41, 5.74) is 6.51. The van der Waals surface area contributed by atoms with E-state index in [0.717, 1.165) is 12.5 Å². The van der Waals surface area contributed by atoms with Crippen molar-refractivity contribution in [1.29, 1.82) is 0 Å². The van der Waals surface area contributed by atoms with Crippen LogP contribution in [0.2, 0.25) is 0 Å². The van der Waals surface area contributed by atoms with E-state index in [0.29, 0.717) is 5.54 Å². The lowest BCUT2D eigenvalue weighted by atomic mass is 9.86. The minimum absolute atomic E-state index is 0.296. The molecule has 1 saturated heterocycles. The molecule has 1 fully saturated rings. The smallest absolute Gasteiger partial charge is 0.0331 e. The molecule has 0 aromatic heterocycles. The Hall–Kier alpha value is -0.0800. The van der Waals surface area contributed by atoms with Crippen LogP contribution in [0.5, 0.6) is 0 Å². The van der Waals surface area contributed by atoms with Gasteiger partial charge in [0, 0.05) is 12.1 Å². The van der Waals surface area contributed by atoms with Gasteiger partial charge in [0.05, 0.1) is 0 Å². The largest absolute Gasteiger partial charge is 0.329 e. The zero-order valence-electron chi connectivity index (χ0n) is 13.6. The number of likely N-dealkylation sites (tertiary alicyclic amines) is 1. The van der Waals surface area contributed by atoms with E-state index >= 15 is 0 Å². The van der Waals surface area contributed by atoms with E-state index in [1.807, 2.05) is 0 Å². The van der Waals surface area contributed by atoms with E-state index in [1.165, 1.54) is 70.9 Å². The van der Waals surface area contributed by atoms with Crippen LogP contribution < -0.4 is 5.73 Å². The highest BCUT2D eigenvalue weighted by Gasteiger charge is 2.34. The molecule has 0 spiro atoms. The normalized spacial score (nSPS) is 22.4. The van der Waals surface area contributed by atoms with Crippen LogP contribution in [0.3, 0.4) is 0 Å². The van der Waals surface area contributed by atoms with Crippen molar-refractivity contribution < 1.29 is 0 Å². The fourth-order valence-corrected chi connectivity index (χ4v) is 4.04. The molecule has 0 radical (unpaired) electrons. The Labute approximate surface area is 121 Å². The van der Waals surface area contributed by atoms with Crippen molar-refractivity contribution in [2.75, 3.05) is 19.6 Å². The van der Waals surface area contributed by atoms with Crippen molar-refractivity contribution in [2.45, 2.75) is 84.1 Å². The maximum atomic E-state index is 6.21. The molecule has 2 heteroatoms. The molecule has 19 heavy (non-hydrogen) atoms. The van der Waals surface area contributed by atoms with Crippen molar-refractivity contribution in [3.63, 3.8) is 0 Å². The second-order valence-electron chi connectivity index (χ2n) is 6.50. The minimum Gasteiger partial charge on any atom is -0.329 e. The van der Waals surface area contributed by atoms with Gasteiger partial charge >= 0.3 is 0 Å². The molecule has 114 valence electrons. The van der Waals surface area contributed by atoms with E-state index < -0.39 is 0 Å². The molecule has 2 N–H and O–H groups in total. The summed E-state index contributed by atoms with van der Waals surface area (Å²) >= 11 is 0. The third-order valence-corrected chi connectivity index (χ3v) is 5.03. The van der Waals surface area contributed by atoms with Crippen LogP contribution in [0.4, 0.5) is 0 Å². The minimum atomic E-state index is 0.296. The van der Waals surface area contributed by atoms with Crippen molar-refractivity contribution in [3.05, 3.63) is 0 Å². The predicted molar refractivity (Wildman–Crippen MR) is 85.4 cm³/mol. The van der Waals surface area contributed by atoms with E-state index in [4.69, 9.17) is 5.73 Å². The summed E-state index contributed by atoms with van der Waals surface area (Å²) in [4.78, 5) is 2.76. The lowest BCUT2D eigenvalue weighted by molar-refractivity contribution is 0.0766. The van der Waals surface area contributed by atoms with Gasteiger partial charge in [-0.2, -0.15) is 0 Å². The van der Waals surface area contributed by atoms with Crippen molar-refractivity contribution in [1.82, 2.24) is 4.90 Å². The molecule has 2 nitrogen and oxygen atoms in total. The van der Waals surface area contributed by atoms with E-state index in [9.17, 15) is 0 Å². The van der Waals surface area contributed by atoms with Crippen molar-refractivity contribution in [2.24, 2.45) is 11.7 Å². The molecule has 0 bridgehead atoms. The Kier molecular flexibility index (Phi) is 8.01. The third kappa shape index (κ3) is 4.75. The Morgan fingerprint density at radius 2 is 1.68 bits per heavy atom. The number of hydrogen-bond donors (Lipinski definition) is 1.